The molecule has 0 aliphatic carbocycles. The summed E-state index contributed by atoms with van der Waals surface area (Å²) in [5.41, 5.74) is 22.8. The van der Waals surface area contributed by atoms with E-state index in [2.05, 4.69) is 347 Å². The monoisotopic (exact) mass is 1100 g/mol. The summed E-state index contributed by atoms with van der Waals surface area (Å²) in [7, 11) is 0. The summed E-state index contributed by atoms with van der Waals surface area (Å²) in [5.74, 6) is 0. The van der Waals surface area contributed by atoms with Crippen LogP contribution < -0.4 is 9.80 Å². The number of fused-ring (bicyclic) bond motifs is 7. The minimum absolute atomic E-state index is 0.796. The van der Waals surface area contributed by atoms with E-state index in [1.165, 1.54) is 32.6 Å². The van der Waals surface area contributed by atoms with Crippen LogP contribution in [0.3, 0.4) is 0 Å². The second-order valence-corrected chi connectivity index (χ2v) is 21.8. The molecule has 0 radical (unpaired) electrons. The fourth-order valence-electron chi connectivity index (χ4n) is 12.7. The summed E-state index contributed by atoms with van der Waals surface area (Å²) < 4.78 is 4.73. The van der Waals surface area contributed by atoms with Crippen molar-refractivity contribution >= 4 is 88.8 Å². The third kappa shape index (κ3) is 8.83. The van der Waals surface area contributed by atoms with Crippen LogP contribution in [-0.4, -0.2) is 19.1 Å². The zero-order chi connectivity index (χ0) is 56.9. The number of hydrogen-bond acceptors (Lipinski definition) is 4. The maximum atomic E-state index is 5.72. The van der Waals surface area contributed by atoms with Crippen molar-refractivity contribution in [2.45, 2.75) is 0 Å². The first kappa shape index (κ1) is 50.2. The largest absolute Gasteiger partial charge is 0.310 e. The Bertz CT molecular complexity index is 5140. The van der Waals surface area contributed by atoms with Crippen LogP contribution in [0.1, 0.15) is 0 Å². The van der Waals surface area contributed by atoms with Gasteiger partial charge in [-0.2, -0.15) is 0 Å². The van der Waals surface area contributed by atoms with Crippen molar-refractivity contribution in [1.29, 1.82) is 0 Å². The Morgan fingerprint density at radius 3 is 1.13 bits per heavy atom. The van der Waals surface area contributed by atoms with Gasteiger partial charge in [0.05, 0.1) is 44.5 Å². The van der Waals surface area contributed by atoms with Crippen molar-refractivity contribution in [3.8, 4) is 56.1 Å². The van der Waals surface area contributed by atoms with Crippen LogP contribution in [0.25, 0.3) is 111 Å². The molecule has 0 spiro atoms. The van der Waals surface area contributed by atoms with Gasteiger partial charge in [0.2, 0.25) is 0 Å². The van der Waals surface area contributed by atoms with Crippen molar-refractivity contribution in [3.05, 3.63) is 328 Å². The number of nitrogens with zero attached hydrogens (tertiary/aromatic N) is 6. The normalized spacial score (nSPS) is 11.5. The highest BCUT2D eigenvalue weighted by atomic mass is 15.1. The molecule has 0 saturated carbocycles. The van der Waals surface area contributed by atoms with Gasteiger partial charge in [-0.3, -0.25) is 0 Å². The highest BCUT2D eigenvalue weighted by Gasteiger charge is 2.22. The molecule has 0 aliphatic heterocycles. The van der Waals surface area contributed by atoms with E-state index in [1.807, 2.05) is 0 Å². The lowest BCUT2D eigenvalue weighted by Crippen LogP contribution is -2.10. The molecule has 3 heterocycles. The van der Waals surface area contributed by atoms with Crippen LogP contribution in [0.2, 0.25) is 0 Å². The second kappa shape index (κ2) is 21.3. The molecule has 6 nitrogen and oxygen atoms in total. The quantitative estimate of drug-likeness (QED) is 0.122. The molecule has 3 aromatic heterocycles. The molecule has 16 aromatic rings. The van der Waals surface area contributed by atoms with Gasteiger partial charge in [0.15, 0.2) is 0 Å². The predicted molar refractivity (Wildman–Crippen MR) is 359 cm³/mol. The van der Waals surface area contributed by atoms with Crippen LogP contribution in [0.5, 0.6) is 0 Å². The SMILES string of the molecule is c1ccc(-c2cccc(-c3cccc4nc(-c5ccc(N(c6ccccc6)c6ccc7c(c6)c6ccccc6n7-c6ccccc6)cc5)c(-c5ccc(N(c6ccccc6)c6ccc7c(c6)c6ccccc6n7-c6ccccc6)cc5)nc34)c2)cc1. The first-order chi connectivity index (χ1) is 42.7. The first-order valence-electron chi connectivity index (χ1n) is 29.2. The van der Waals surface area contributed by atoms with E-state index in [0.717, 1.165) is 112 Å². The third-order valence-corrected chi connectivity index (χ3v) is 16.7. The Hall–Kier alpha value is -11.6. The topological polar surface area (TPSA) is 42.1 Å². The predicted octanol–water partition coefficient (Wildman–Crippen LogP) is 21.4. The molecule has 0 amide bonds. The van der Waals surface area contributed by atoms with Gasteiger partial charge < -0.3 is 18.9 Å². The molecular formula is C80H54N6. The second-order valence-electron chi connectivity index (χ2n) is 21.8. The van der Waals surface area contributed by atoms with E-state index in [4.69, 9.17) is 9.97 Å². The lowest BCUT2D eigenvalue weighted by Gasteiger charge is -2.26. The Morgan fingerprint density at radius 1 is 0.233 bits per heavy atom. The summed E-state index contributed by atoms with van der Waals surface area (Å²) in [6.45, 7) is 0. The van der Waals surface area contributed by atoms with E-state index < -0.39 is 0 Å². The maximum Gasteiger partial charge on any atom is 0.0973 e. The lowest BCUT2D eigenvalue weighted by atomic mass is 9.97. The number of rotatable bonds is 12. The molecule has 13 aromatic carbocycles. The van der Waals surface area contributed by atoms with Crippen LogP contribution in [-0.2, 0) is 0 Å². The molecule has 0 N–H and O–H groups in total. The van der Waals surface area contributed by atoms with Crippen molar-refractivity contribution in [2.24, 2.45) is 0 Å². The highest BCUT2D eigenvalue weighted by Crippen LogP contribution is 2.44. The first-order valence-corrected chi connectivity index (χ1v) is 29.2. The summed E-state index contributed by atoms with van der Waals surface area (Å²) in [6, 6.07) is 117. The van der Waals surface area contributed by atoms with Crippen LogP contribution in [0, 0.1) is 0 Å². The third-order valence-electron chi connectivity index (χ3n) is 16.7. The number of para-hydroxylation sites is 7. The molecule has 0 fully saturated rings. The van der Waals surface area contributed by atoms with Gasteiger partial charge in [0.25, 0.3) is 0 Å². The van der Waals surface area contributed by atoms with Crippen molar-refractivity contribution in [3.63, 3.8) is 0 Å². The van der Waals surface area contributed by atoms with Crippen molar-refractivity contribution < 1.29 is 0 Å². The Labute approximate surface area is 498 Å². The van der Waals surface area contributed by atoms with Gasteiger partial charge in [0, 0.05) is 83.7 Å². The number of aromatic nitrogens is 4. The highest BCUT2D eigenvalue weighted by molar-refractivity contribution is 6.12. The summed E-state index contributed by atoms with van der Waals surface area (Å²) in [6.07, 6.45) is 0. The van der Waals surface area contributed by atoms with Gasteiger partial charge in [-0.05, 0) is 150 Å². The zero-order valence-corrected chi connectivity index (χ0v) is 46.9. The minimum Gasteiger partial charge on any atom is -0.310 e. The number of benzene rings is 13. The minimum atomic E-state index is 0.796. The molecule has 0 aliphatic rings. The van der Waals surface area contributed by atoms with Crippen molar-refractivity contribution in [2.75, 3.05) is 9.80 Å². The van der Waals surface area contributed by atoms with Gasteiger partial charge in [0.1, 0.15) is 0 Å². The standard InChI is InChI=1S/C80H54N6/c1-6-22-55(23-7-1)58-24-20-25-59(52-58)68-36-21-37-73-80(68)82-79(57-42-46-65(47-43-57)84(61-28-10-3-11-29-61)67-49-51-77-72(54-67)70-35-17-19-39-75(70)86(77)63-32-14-5-15-33-63)78(81-73)56-40-44-64(45-41-56)83(60-26-8-2-9-27-60)66-48-50-76-71(53-66)69-34-16-18-38-74(69)85(76)62-30-12-4-13-31-62/h1-54H. The van der Waals surface area contributed by atoms with Gasteiger partial charge in [-0.25, -0.2) is 9.97 Å². The van der Waals surface area contributed by atoms with Crippen molar-refractivity contribution in [1.82, 2.24) is 19.1 Å². The molecule has 16 rings (SSSR count). The van der Waals surface area contributed by atoms with Crippen LogP contribution >= 0.6 is 0 Å². The fourth-order valence-corrected chi connectivity index (χ4v) is 12.7. The van der Waals surface area contributed by atoms with E-state index in [1.54, 1.807) is 0 Å². The molecule has 0 saturated heterocycles. The number of anilines is 6. The van der Waals surface area contributed by atoms with E-state index in [9.17, 15) is 0 Å². The van der Waals surface area contributed by atoms with Gasteiger partial charge >= 0.3 is 0 Å². The molecule has 0 atom stereocenters. The Balaban J connectivity index is 0.832. The summed E-state index contributed by atoms with van der Waals surface area (Å²) in [5, 5.41) is 4.78. The molecular weight excluding hydrogens is 1040 g/mol. The Kier molecular flexibility index (Phi) is 12.4. The molecule has 404 valence electrons. The van der Waals surface area contributed by atoms with E-state index in [-0.39, 0.29) is 0 Å². The van der Waals surface area contributed by atoms with Gasteiger partial charge in [-0.1, -0.05) is 194 Å². The summed E-state index contributed by atoms with van der Waals surface area (Å²) >= 11 is 0. The number of hydrogen-bond donors (Lipinski definition) is 0. The average molecular weight is 1100 g/mol. The zero-order valence-electron chi connectivity index (χ0n) is 46.9. The van der Waals surface area contributed by atoms with Crippen LogP contribution in [0.4, 0.5) is 34.1 Å². The molecule has 0 bridgehead atoms. The average Bonchev–Trinajstić information content (AvgIpc) is 2.45. The van der Waals surface area contributed by atoms with E-state index in [0.29, 0.717) is 0 Å². The maximum absolute atomic E-state index is 5.72. The molecule has 6 heteroatoms. The van der Waals surface area contributed by atoms with E-state index >= 15 is 0 Å². The molecule has 0 unspecified atom stereocenters. The van der Waals surface area contributed by atoms with Gasteiger partial charge in [-0.15, -0.1) is 0 Å². The summed E-state index contributed by atoms with van der Waals surface area (Å²) in [4.78, 5) is 16.0. The lowest BCUT2D eigenvalue weighted by molar-refractivity contribution is 1.18. The molecule has 86 heavy (non-hydrogen) atoms. The Morgan fingerprint density at radius 2 is 0.616 bits per heavy atom. The fraction of sp³-hybridized carbons (Fsp3) is 0. The van der Waals surface area contributed by atoms with Crippen LogP contribution in [0.15, 0.2) is 328 Å². The smallest absolute Gasteiger partial charge is 0.0973 e.